The van der Waals surface area contributed by atoms with Crippen LogP contribution in [0.4, 0.5) is 9.18 Å². The van der Waals surface area contributed by atoms with E-state index in [1.807, 2.05) is 0 Å². The van der Waals surface area contributed by atoms with Crippen LogP contribution in [0.15, 0.2) is 46.6 Å². The number of methoxy groups -OCH3 is 2. The number of imide groups is 1. The fourth-order valence-electron chi connectivity index (χ4n) is 2.80. The van der Waals surface area contributed by atoms with E-state index in [9.17, 15) is 18.8 Å². The van der Waals surface area contributed by atoms with Crippen molar-refractivity contribution in [3.8, 4) is 11.5 Å². The maximum absolute atomic E-state index is 13.9. The lowest BCUT2D eigenvalue weighted by Gasteiger charge is -2.13. The number of nitrogens with one attached hydrogen (secondary N) is 1. The molecule has 1 heterocycles. The number of ether oxygens (including phenoxy) is 3. The summed E-state index contributed by atoms with van der Waals surface area (Å²) in [5.74, 6) is -1.07. The molecule has 10 heteroatoms. The van der Waals surface area contributed by atoms with E-state index in [0.29, 0.717) is 15.8 Å². The van der Waals surface area contributed by atoms with Gasteiger partial charge in [-0.15, -0.1) is 0 Å². The molecule has 0 aliphatic carbocycles. The Morgan fingerprint density at radius 2 is 1.94 bits per heavy atom. The molecule has 1 aliphatic heterocycles. The van der Waals surface area contributed by atoms with Crippen molar-refractivity contribution in [1.82, 2.24) is 10.2 Å². The summed E-state index contributed by atoms with van der Waals surface area (Å²) in [5.41, 5.74) is 0.758. The van der Waals surface area contributed by atoms with Gasteiger partial charge in [-0.25, -0.2) is 14.0 Å². The zero-order chi connectivity index (χ0) is 22.5. The highest BCUT2D eigenvalue weighted by atomic mass is 79.9. The van der Waals surface area contributed by atoms with Crippen molar-refractivity contribution in [1.29, 1.82) is 0 Å². The standard InChI is InChI=1S/C21H18BrFN2O6/c1-29-17-8-13(14(22)9-18(17)31-11-19(26)30-2)7-16-20(27)25(21(28)24-16)10-12-5-3-4-6-15(12)23/h3-9H,10-11H2,1-2H3,(H,24,28)/b16-7+. The van der Waals surface area contributed by atoms with E-state index in [-0.39, 0.29) is 30.2 Å². The Kier molecular flexibility index (Phi) is 6.91. The van der Waals surface area contributed by atoms with Crippen LogP contribution in [0.1, 0.15) is 11.1 Å². The Hall–Kier alpha value is -3.40. The van der Waals surface area contributed by atoms with Gasteiger partial charge < -0.3 is 19.5 Å². The molecule has 0 aromatic heterocycles. The summed E-state index contributed by atoms with van der Waals surface area (Å²) in [6.45, 7) is -0.501. The van der Waals surface area contributed by atoms with E-state index in [1.165, 1.54) is 38.5 Å². The van der Waals surface area contributed by atoms with Crippen LogP contribution in [0.2, 0.25) is 0 Å². The van der Waals surface area contributed by atoms with Gasteiger partial charge in [-0.1, -0.05) is 34.1 Å². The predicted octanol–water partition coefficient (Wildman–Crippen LogP) is 3.24. The van der Waals surface area contributed by atoms with Crippen LogP contribution in [0.25, 0.3) is 6.08 Å². The second kappa shape index (κ2) is 9.61. The highest BCUT2D eigenvalue weighted by Gasteiger charge is 2.34. The molecule has 0 bridgehead atoms. The monoisotopic (exact) mass is 492 g/mol. The minimum Gasteiger partial charge on any atom is -0.493 e. The normalized spacial score (nSPS) is 14.6. The summed E-state index contributed by atoms with van der Waals surface area (Å²) in [5, 5.41) is 2.49. The molecule has 2 aromatic rings. The number of rotatable bonds is 7. The van der Waals surface area contributed by atoms with Crippen LogP contribution in [-0.4, -0.2) is 43.6 Å². The SMILES string of the molecule is COC(=O)COc1cc(Br)c(/C=C2/NC(=O)N(Cc3ccccc3F)C2=O)cc1OC. The third kappa shape index (κ3) is 5.02. The van der Waals surface area contributed by atoms with Crippen molar-refractivity contribution in [2.75, 3.05) is 20.8 Å². The van der Waals surface area contributed by atoms with Crippen molar-refractivity contribution in [3.63, 3.8) is 0 Å². The number of halogens is 2. The lowest BCUT2D eigenvalue weighted by Crippen LogP contribution is -2.30. The Balaban J connectivity index is 1.84. The van der Waals surface area contributed by atoms with Crippen LogP contribution in [-0.2, 0) is 20.9 Å². The van der Waals surface area contributed by atoms with E-state index < -0.39 is 23.7 Å². The number of urea groups is 1. The van der Waals surface area contributed by atoms with E-state index >= 15 is 0 Å². The Bertz CT molecular complexity index is 1070. The minimum atomic E-state index is -0.652. The molecule has 0 atom stereocenters. The molecule has 2 aromatic carbocycles. The molecular weight excluding hydrogens is 475 g/mol. The molecule has 3 rings (SSSR count). The van der Waals surface area contributed by atoms with Crippen molar-refractivity contribution < 1.29 is 33.0 Å². The number of carbonyl (C=O) groups excluding carboxylic acids is 3. The highest BCUT2D eigenvalue weighted by molar-refractivity contribution is 9.10. The first kappa shape index (κ1) is 22.3. The van der Waals surface area contributed by atoms with Crippen LogP contribution in [0.3, 0.4) is 0 Å². The first-order chi connectivity index (χ1) is 14.8. The topological polar surface area (TPSA) is 94.2 Å². The summed E-state index contributed by atoms with van der Waals surface area (Å²) in [6.07, 6.45) is 1.46. The van der Waals surface area contributed by atoms with Gasteiger partial charge in [-0.2, -0.15) is 0 Å². The average molecular weight is 493 g/mol. The first-order valence-corrected chi connectivity index (χ1v) is 9.78. The maximum Gasteiger partial charge on any atom is 0.343 e. The van der Waals surface area contributed by atoms with E-state index in [2.05, 4.69) is 26.0 Å². The van der Waals surface area contributed by atoms with Gasteiger partial charge in [0, 0.05) is 10.0 Å². The van der Waals surface area contributed by atoms with Crippen LogP contribution in [0.5, 0.6) is 11.5 Å². The van der Waals surface area contributed by atoms with Crippen molar-refractivity contribution in [3.05, 3.63) is 63.5 Å². The molecule has 0 radical (unpaired) electrons. The number of esters is 1. The summed E-state index contributed by atoms with van der Waals surface area (Å²) in [6, 6.07) is 8.40. The van der Waals surface area contributed by atoms with Crippen molar-refractivity contribution >= 4 is 39.9 Å². The number of benzene rings is 2. The average Bonchev–Trinajstić information content (AvgIpc) is 3.02. The lowest BCUT2D eigenvalue weighted by atomic mass is 10.1. The number of amides is 3. The van der Waals surface area contributed by atoms with Gasteiger partial charge in [-0.05, 0) is 29.8 Å². The second-order valence-electron chi connectivity index (χ2n) is 6.36. The Labute approximate surface area is 185 Å². The molecule has 8 nitrogen and oxygen atoms in total. The zero-order valence-electron chi connectivity index (χ0n) is 16.6. The summed E-state index contributed by atoms with van der Waals surface area (Å²) >= 11 is 3.37. The number of nitrogens with zero attached hydrogens (tertiary/aromatic N) is 1. The van der Waals surface area contributed by atoms with Gasteiger partial charge in [0.25, 0.3) is 5.91 Å². The Morgan fingerprint density at radius 3 is 2.61 bits per heavy atom. The molecule has 0 unspecified atom stereocenters. The highest BCUT2D eigenvalue weighted by Crippen LogP contribution is 2.35. The maximum atomic E-state index is 13.9. The molecule has 1 saturated heterocycles. The largest absolute Gasteiger partial charge is 0.493 e. The molecule has 0 saturated carbocycles. The third-order valence-electron chi connectivity index (χ3n) is 4.40. The third-order valence-corrected chi connectivity index (χ3v) is 5.09. The quantitative estimate of drug-likeness (QED) is 0.362. The molecule has 31 heavy (non-hydrogen) atoms. The summed E-state index contributed by atoms with van der Waals surface area (Å²) in [4.78, 5) is 37.2. The molecule has 1 N–H and O–H groups in total. The zero-order valence-corrected chi connectivity index (χ0v) is 18.2. The van der Waals surface area contributed by atoms with Crippen molar-refractivity contribution in [2.24, 2.45) is 0 Å². The van der Waals surface area contributed by atoms with Crippen LogP contribution < -0.4 is 14.8 Å². The smallest absolute Gasteiger partial charge is 0.343 e. The first-order valence-electron chi connectivity index (χ1n) is 8.99. The van der Waals surface area contributed by atoms with E-state index in [4.69, 9.17) is 9.47 Å². The fourth-order valence-corrected chi connectivity index (χ4v) is 3.23. The Morgan fingerprint density at radius 1 is 1.19 bits per heavy atom. The molecule has 1 fully saturated rings. The van der Waals surface area contributed by atoms with Gasteiger partial charge in [0.05, 0.1) is 20.8 Å². The van der Waals surface area contributed by atoms with Crippen LogP contribution >= 0.6 is 15.9 Å². The van der Waals surface area contributed by atoms with Crippen molar-refractivity contribution in [2.45, 2.75) is 6.54 Å². The van der Waals surface area contributed by atoms with Gasteiger partial charge in [0.1, 0.15) is 11.5 Å². The van der Waals surface area contributed by atoms with Gasteiger partial charge in [-0.3, -0.25) is 9.69 Å². The number of hydrogen-bond acceptors (Lipinski definition) is 6. The molecule has 162 valence electrons. The summed E-state index contributed by atoms with van der Waals surface area (Å²) in [7, 11) is 2.67. The number of carbonyl (C=O) groups is 3. The lowest BCUT2D eigenvalue weighted by molar-refractivity contribution is -0.142. The van der Waals surface area contributed by atoms with E-state index in [0.717, 1.165) is 4.90 Å². The molecule has 0 spiro atoms. The predicted molar refractivity (Wildman–Crippen MR) is 112 cm³/mol. The van der Waals surface area contributed by atoms with Gasteiger partial charge >= 0.3 is 12.0 Å². The van der Waals surface area contributed by atoms with Crippen LogP contribution in [0, 0.1) is 5.82 Å². The molecule has 3 amide bonds. The number of hydrogen-bond donors (Lipinski definition) is 1. The summed E-state index contributed by atoms with van der Waals surface area (Å²) < 4.78 is 29.6. The fraction of sp³-hybridized carbons (Fsp3) is 0.190. The van der Waals surface area contributed by atoms with Gasteiger partial charge in [0.15, 0.2) is 18.1 Å². The molecular formula is C21H18BrFN2O6. The van der Waals surface area contributed by atoms with Gasteiger partial charge in [0.2, 0.25) is 0 Å². The second-order valence-corrected chi connectivity index (χ2v) is 7.21. The van der Waals surface area contributed by atoms with E-state index in [1.54, 1.807) is 18.2 Å². The minimum absolute atomic E-state index is 0.0207. The molecule has 1 aliphatic rings.